The van der Waals surface area contributed by atoms with E-state index >= 15 is 0 Å². The zero-order valence-corrected chi connectivity index (χ0v) is 12.6. The molecule has 0 aromatic carbocycles. The summed E-state index contributed by atoms with van der Waals surface area (Å²) in [6.45, 7) is 4.31. The van der Waals surface area contributed by atoms with E-state index in [1.165, 1.54) is 12.8 Å². The summed E-state index contributed by atoms with van der Waals surface area (Å²) in [5.74, 6) is 0.917. The summed E-state index contributed by atoms with van der Waals surface area (Å²) < 4.78 is 5.09. The quantitative estimate of drug-likeness (QED) is 0.626. The molecule has 0 aliphatic heterocycles. The molecule has 0 spiro atoms. The molecule has 1 aliphatic carbocycles. The molecule has 1 atom stereocenters. The van der Waals surface area contributed by atoms with Crippen molar-refractivity contribution < 1.29 is 9.53 Å². The fourth-order valence-corrected chi connectivity index (χ4v) is 2.63. The highest BCUT2D eigenvalue weighted by atomic mass is 16.5. The third-order valence-electron chi connectivity index (χ3n) is 3.88. The number of carbonyl (C=O) groups is 1. The topological polar surface area (TPSA) is 55.6 Å². The number of methoxy groups -OCH3 is 1. The SMILES string of the molecule is CCCC(CCN)CCC(=O)N(CCOC)C1CC1. The molecule has 0 saturated heterocycles. The molecule has 112 valence electrons. The summed E-state index contributed by atoms with van der Waals surface area (Å²) in [6, 6.07) is 0.488. The van der Waals surface area contributed by atoms with E-state index in [0.717, 1.165) is 38.8 Å². The Morgan fingerprint density at radius 3 is 2.63 bits per heavy atom. The Labute approximate surface area is 117 Å². The van der Waals surface area contributed by atoms with Crippen LogP contribution in [0.25, 0.3) is 0 Å². The van der Waals surface area contributed by atoms with Gasteiger partial charge in [-0.2, -0.15) is 0 Å². The zero-order valence-electron chi connectivity index (χ0n) is 12.6. The summed E-state index contributed by atoms with van der Waals surface area (Å²) >= 11 is 0. The van der Waals surface area contributed by atoms with Crippen molar-refractivity contribution in [1.29, 1.82) is 0 Å². The van der Waals surface area contributed by atoms with Gasteiger partial charge in [-0.15, -0.1) is 0 Å². The molecule has 1 saturated carbocycles. The molecule has 1 aliphatic rings. The fraction of sp³-hybridized carbons (Fsp3) is 0.933. The van der Waals surface area contributed by atoms with E-state index in [1.807, 2.05) is 4.90 Å². The molecule has 0 aromatic rings. The van der Waals surface area contributed by atoms with E-state index in [2.05, 4.69) is 6.92 Å². The van der Waals surface area contributed by atoms with Crippen LogP contribution in [0.2, 0.25) is 0 Å². The average Bonchev–Trinajstić information content (AvgIpc) is 3.21. The number of ether oxygens (including phenoxy) is 1. The van der Waals surface area contributed by atoms with E-state index in [9.17, 15) is 4.79 Å². The van der Waals surface area contributed by atoms with Crippen LogP contribution in [0, 0.1) is 5.92 Å². The highest BCUT2D eigenvalue weighted by molar-refractivity contribution is 5.76. The van der Waals surface area contributed by atoms with Crippen LogP contribution in [-0.2, 0) is 9.53 Å². The Hall–Kier alpha value is -0.610. The van der Waals surface area contributed by atoms with Crippen molar-refractivity contribution in [3.63, 3.8) is 0 Å². The van der Waals surface area contributed by atoms with Gasteiger partial charge in [0.25, 0.3) is 0 Å². The number of carbonyl (C=O) groups excluding carboxylic acids is 1. The fourth-order valence-electron chi connectivity index (χ4n) is 2.63. The van der Waals surface area contributed by atoms with E-state index in [0.29, 0.717) is 30.9 Å². The largest absolute Gasteiger partial charge is 0.383 e. The molecule has 2 N–H and O–H groups in total. The van der Waals surface area contributed by atoms with Crippen molar-refractivity contribution >= 4 is 5.91 Å². The van der Waals surface area contributed by atoms with Crippen molar-refractivity contribution in [2.75, 3.05) is 26.8 Å². The lowest BCUT2D eigenvalue weighted by atomic mass is 9.94. The van der Waals surface area contributed by atoms with Gasteiger partial charge in [0.2, 0.25) is 5.91 Å². The molecule has 1 fully saturated rings. The van der Waals surface area contributed by atoms with Crippen LogP contribution in [0.1, 0.15) is 51.9 Å². The van der Waals surface area contributed by atoms with Gasteiger partial charge in [0.05, 0.1) is 6.61 Å². The maximum Gasteiger partial charge on any atom is 0.222 e. The lowest BCUT2D eigenvalue weighted by molar-refractivity contribution is -0.132. The molecular weight excluding hydrogens is 240 g/mol. The Kier molecular flexibility index (Phi) is 8.07. The average molecular weight is 270 g/mol. The molecule has 1 rings (SSSR count). The lowest BCUT2D eigenvalue weighted by Gasteiger charge is -2.23. The van der Waals surface area contributed by atoms with Gasteiger partial charge in [0, 0.05) is 26.1 Å². The molecule has 0 radical (unpaired) electrons. The first-order chi connectivity index (χ1) is 9.22. The molecule has 0 aromatic heterocycles. The minimum Gasteiger partial charge on any atom is -0.383 e. The van der Waals surface area contributed by atoms with Crippen LogP contribution < -0.4 is 5.73 Å². The summed E-state index contributed by atoms with van der Waals surface area (Å²) in [5, 5.41) is 0. The van der Waals surface area contributed by atoms with Gasteiger partial charge in [0.15, 0.2) is 0 Å². The van der Waals surface area contributed by atoms with Crippen LogP contribution in [0.3, 0.4) is 0 Å². The summed E-state index contributed by atoms with van der Waals surface area (Å²) in [6.07, 6.45) is 7.39. The number of rotatable bonds is 11. The second kappa shape index (κ2) is 9.32. The summed E-state index contributed by atoms with van der Waals surface area (Å²) in [4.78, 5) is 14.3. The predicted octanol–water partition coefficient (Wildman–Crippen LogP) is 2.17. The van der Waals surface area contributed by atoms with Gasteiger partial charge in [-0.05, 0) is 38.1 Å². The molecule has 4 heteroatoms. The molecule has 19 heavy (non-hydrogen) atoms. The Balaban J connectivity index is 2.33. The number of hydrogen-bond donors (Lipinski definition) is 1. The first-order valence-corrected chi connectivity index (χ1v) is 7.71. The van der Waals surface area contributed by atoms with Gasteiger partial charge >= 0.3 is 0 Å². The Morgan fingerprint density at radius 2 is 2.11 bits per heavy atom. The number of nitrogens with zero attached hydrogens (tertiary/aromatic N) is 1. The van der Waals surface area contributed by atoms with Crippen LogP contribution >= 0.6 is 0 Å². The van der Waals surface area contributed by atoms with Crippen molar-refractivity contribution in [2.24, 2.45) is 11.7 Å². The predicted molar refractivity (Wildman–Crippen MR) is 77.9 cm³/mol. The number of hydrogen-bond acceptors (Lipinski definition) is 3. The van der Waals surface area contributed by atoms with Gasteiger partial charge in [0.1, 0.15) is 0 Å². The first kappa shape index (κ1) is 16.4. The van der Waals surface area contributed by atoms with Gasteiger partial charge < -0.3 is 15.4 Å². The third kappa shape index (κ3) is 6.39. The highest BCUT2D eigenvalue weighted by Gasteiger charge is 2.31. The van der Waals surface area contributed by atoms with Crippen molar-refractivity contribution in [3.8, 4) is 0 Å². The van der Waals surface area contributed by atoms with E-state index in [-0.39, 0.29) is 0 Å². The third-order valence-corrected chi connectivity index (χ3v) is 3.88. The molecule has 4 nitrogen and oxygen atoms in total. The van der Waals surface area contributed by atoms with Crippen molar-refractivity contribution in [2.45, 2.75) is 57.9 Å². The molecule has 1 amide bonds. The van der Waals surface area contributed by atoms with Gasteiger partial charge in [-0.3, -0.25) is 4.79 Å². The highest BCUT2D eigenvalue weighted by Crippen LogP contribution is 2.28. The molecular formula is C15H30N2O2. The molecule has 0 heterocycles. The van der Waals surface area contributed by atoms with Gasteiger partial charge in [-0.1, -0.05) is 19.8 Å². The van der Waals surface area contributed by atoms with E-state index in [1.54, 1.807) is 7.11 Å². The van der Waals surface area contributed by atoms with Crippen molar-refractivity contribution in [3.05, 3.63) is 0 Å². The first-order valence-electron chi connectivity index (χ1n) is 7.71. The second-order valence-electron chi connectivity index (χ2n) is 5.58. The summed E-state index contributed by atoms with van der Waals surface area (Å²) in [5.41, 5.74) is 5.64. The Morgan fingerprint density at radius 1 is 1.37 bits per heavy atom. The van der Waals surface area contributed by atoms with Crippen LogP contribution in [0.5, 0.6) is 0 Å². The lowest BCUT2D eigenvalue weighted by Crippen LogP contribution is -2.36. The zero-order chi connectivity index (χ0) is 14.1. The molecule has 0 bridgehead atoms. The smallest absolute Gasteiger partial charge is 0.222 e. The minimum atomic E-state index is 0.303. The standard InChI is InChI=1S/C15H30N2O2/c1-3-4-13(9-10-16)5-8-15(18)17(11-12-19-2)14-6-7-14/h13-14H,3-12,16H2,1-2H3. The normalized spacial score (nSPS) is 16.4. The summed E-state index contributed by atoms with van der Waals surface area (Å²) in [7, 11) is 1.69. The monoisotopic (exact) mass is 270 g/mol. The Bertz CT molecular complexity index is 249. The van der Waals surface area contributed by atoms with E-state index < -0.39 is 0 Å². The maximum absolute atomic E-state index is 12.3. The minimum absolute atomic E-state index is 0.303. The molecule has 1 unspecified atom stereocenters. The van der Waals surface area contributed by atoms with Crippen LogP contribution in [-0.4, -0.2) is 43.7 Å². The number of amides is 1. The number of nitrogens with two attached hydrogens (primary N) is 1. The van der Waals surface area contributed by atoms with Crippen LogP contribution in [0.15, 0.2) is 0 Å². The van der Waals surface area contributed by atoms with Crippen LogP contribution in [0.4, 0.5) is 0 Å². The van der Waals surface area contributed by atoms with Gasteiger partial charge in [-0.25, -0.2) is 0 Å². The van der Waals surface area contributed by atoms with E-state index in [4.69, 9.17) is 10.5 Å². The second-order valence-corrected chi connectivity index (χ2v) is 5.58. The van der Waals surface area contributed by atoms with Crippen molar-refractivity contribution in [1.82, 2.24) is 4.90 Å². The maximum atomic E-state index is 12.3.